The average Bonchev–Trinajstić information content (AvgIpc) is 2.58. The minimum Gasteiger partial charge on any atom is -0.491 e. The van der Waals surface area contributed by atoms with Crippen molar-refractivity contribution in [3.63, 3.8) is 0 Å². The Morgan fingerprint density at radius 1 is 1.50 bits per heavy atom. The molecule has 0 saturated heterocycles. The highest BCUT2D eigenvalue weighted by atomic mass is 16.5. The summed E-state index contributed by atoms with van der Waals surface area (Å²) in [5.41, 5.74) is 1.78. The molecule has 1 aliphatic rings. The van der Waals surface area contributed by atoms with Crippen LogP contribution in [0.3, 0.4) is 0 Å². The molecule has 1 unspecified atom stereocenters. The Labute approximate surface area is 108 Å². The third-order valence-electron chi connectivity index (χ3n) is 3.22. The molecule has 4 heteroatoms. The Kier molecular flexibility index (Phi) is 4.20. The molecule has 0 aromatic heterocycles. The molecule has 2 rings (SSSR count). The summed E-state index contributed by atoms with van der Waals surface area (Å²) in [6.07, 6.45) is 2.16. The molecule has 1 aromatic rings. The van der Waals surface area contributed by atoms with E-state index >= 15 is 0 Å². The lowest BCUT2D eigenvalue weighted by atomic mass is 9.99. The van der Waals surface area contributed by atoms with Gasteiger partial charge in [0.15, 0.2) is 0 Å². The highest BCUT2D eigenvalue weighted by Crippen LogP contribution is 2.26. The fraction of sp³-hybridized carbons (Fsp3) is 0.500. The first-order chi connectivity index (χ1) is 8.76. The zero-order chi connectivity index (χ0) is 13.0. The topological polar surface area (TPSA) is 50.4 Å². The maximum atomic E-state index is 11.9. The van der Waals surface area contributed by atoms with Gasteiger partial charge in [-0.15, -0.1) is 0 Å². The Hall–Kier alpha value is -1.55. The molecule has 4 nitrogen and oxygen atoms in total. The summed E-state index contributed by atoms with van der Waals surface area (Å²) in [4.78, 5) is 11.9. The molecule has 1 aliphatic heterocycles. The van der Waals surface area contributed by atoms with E-state index in [9.17, 15) is 4.79 Å². The molecule has 0 bridgehead atoms. The zero-order valence-corrected chi connectivity index (χ0v) is 11.0. The normalized spacial score (nSPS) is 16.2. The summed E-state index contributed by atoms with van der Waals surface area (Å²) in [6, 6.07) is 6.16. The molecule has 0 saturated carbocycles. The summed E-state index contributed by atoms with van der Waals surface area (Å²) in [5.74, 6) is 0.635. The molecule has 1 aromatic carbocycles. The number of carbonyl (C=O) groups excluding carboxylic acids is 1. The Morgan fingerprint density at radius 2 is 2.33 bits per heavy atom. The van der Waals surface area contributed by atoms with Crippen LogP contribution < -0.4 is 15.4 Å². The number of hydrogen-bond acceptors (Lipinski definition) is 3. The quantitative estimate of drug-likeness (QED) is 0.855. The molecule has 0 fully saturated rings. The third kappa shape index (κ3) is 2.64. The van der Waals surface area contributed by atoms with Gasteiger partial charge in [-0.25, -0.2) is 0 Å². The van der Waals surface area contributed by atoms with Gasteiger partial charge in [-0.05, 0) is 31.2 Å². The van der Waals surface area contributed by atoms with Gasteiger partial charge in [-0.3, -0.25) is 4.79 Å². The maximum absolute atomic E-state index is 11.9. The van der Waals surface area contributed by atoms with Crippen LogP contribution in [0.1, 0.15) is 41.7 Å². The number of ether oxygens (including phenoxy) is 1. The molecule has 0 radical (unpaired) electrons. The van der Waals surface area contributed by atoms with E-state index in [1.165, 1.54) is 0 Å². The standard InChI is InChI=1S/C14H20N2O2/c1-3-4-12(15-2)10-5-6-13-11(9-10)14(17)16-7-8-18-13/h5-6,9,12,15H,3-4,7-8H2,1-2H3,(H,16,17). The number of hydrogen-bond donors (Lipinski definition) is 2. The van der Waals surface area contributed by atoms with E-state index in [0.717, 1.165) is 18.4 Å². The molecule has 1 atom stereocenters. The number of amides is 1. The average molecular weight is 248 g/mol. The zero-order valence-electron chi connectivity index (χ0n) is 11.0. The van der Waals surface area contributed by atoms with E-state index in [0.29, 0.717) is 24.5 Å². The minimum absolute atomic E-state index is 0.0456. The first kappa shape index (κ1) is 12.9. The van der Waals surface area contributed by atoms with Crippen LogP contribution in [0.2, 0.25) is 0 Å². The number of fused-ring (bicyclic) bond motifs is 1. The molecule has 98 valence electrons. The van der Waals surface area contributed by atoms with Gasteiger partial charge in [0.05, 0.1) is 12.1 Å². The van der Waals surface area contributed by atoms with Gasteiger partial charge in [0.25, 0.3) is 5.91 Å². The Morgan fingerprint density at radius 3 is 3.06 bits per heavy atom. The lowest BCUT2D eigenvalue weighted by Crippen LogP contribution is -2.24. The molecule has 1 amide bonds. The van der Waals surface area contributed by atoms with Gasteiger partial charge in [0, 0.05) is 6.04 Å². The summed E-state index contributed by atoms with van der Waals surface area (Å²) in [5, 5.41) is 6.12. The van der Waals surface area contributed by atoms with E-state index in [4.69, 9.17) is 4.74 Å². The monoisotopic (exact) mass is 248 g/mol. The third-order valence-corrected chi connectivity index (χ3v) is 3.22. The van der Waals surface area contributed by atoms with Crippen molar-refractivity contribution < 1.29 is 9.53 Å². The van der Waals surface area contributed by atoms with Crippen molar-refractivity contribution in [2.24, 2.45) is 0 Å². The summed E-state index contributed by atoms with van der Waals surface area (Å²) >= 11 is 0. The van der Waals surface area contributed by atoms with Gasteiger partial charge >= 0.3 is 0 Å². The fourth-order valence-corrected chi connectivity index (χ4v) is 2.25. The molecular formula is C14H20N2O2. The summed E-state index contributed by atoms with van der Waals surface area (Å²) in [6.45, 7) is 3.25. The lowest BCUT2D eigenvalue weighted by molar-refractivity contribution is 0.0957. The first-order valence-electron chi connectivity index (χ1n) is 6.48. The van der Waals surface area contributed by atoms with Crippen molar-refractivity contribution in [3.05, 3.63) is 29.3 Å². The van der Waals surface area contributed by atoms with E-state index in [1.807, 2.05) is 25.2 Å². The van der Waals surface area contributed by atoms with Crippen molar-refractivity contribution in [1.82, 2.24) is 10.6 Å². The van der Waals surface area contributed by atoms with E-state index < -0.39 is 0 Å². The summed E-state index contributed by atoms with van der Waals surface area (Å²) in [7, 11) is 1.95. The predicted molar refractivity (Wildman–Crippen MR) is 71.0 cm³/mol. The Balaban J connectivity index is 2.32. The lowest BCUT2D eigenvalue weighted by Gasteiger charge is -2.17. The second kappa shape index (κ2) is 5.87. The molecule has 2 N–H and O–H groups in total. The second-order valence-corrected chi connectivity index (χ2v) is 4.49. The molecular weight excluding hydrogens is 228 g/mol. The van der Waals surface area contributed by atoms with Crippen LogP contribution in [0.4, 0.5) is 0 Å². The number of benzene rings is 1. The van der Waals surface area contributed by atoms with Crippen molar-refractivity contribution in [3.8, 4) is 5.75 Å². The largest absolute Gasteiger partial charge is 0.491 e. The van der Waals surface area contributed by atoms with Crippen LogP contribution in [0.5, 0.6) is 5.75 Å². The number of carbonyl (C=O) groups is 1. The summed E-state index contributed by atoms with van der Waals surface area (Å²) < 4.78 is 5.54. The van der Waals surface area contributed by atoms with Gasteiger partial charge < -0.3 is 15.4 Å². The van der Waals surface area contributed by atoms with Crippen molar-refractivity contribution in [2.75, 3.05) is 20.2 Å². The van der Waals surface area contributed by atoms with Crippen molar-refractivity contribution >= 4 is 5.91 Å². The smallest absolute Gasteiger partial charge is 0.255 e. The van der Waals surface area contributed by atoms with Gasteiger partial charge in [0.2, 0.25) is 0 Å². The van der Waals surface area contributed by atoms with Crippen LogP contribution in [-0.4, -0.2) is 26.1 Å². The highest BCUT2D eigenvalue weighted by molar-refractivity contribution is 5.97. The van der Waals surface area contributed by atoms with Crippen LogP contribution in [0.25, 0.3) is 0 Å². The highest BCUT2D eigenvalue weighted by Gasteiger charge is 2.18. The first-order valence-corrected chi connectivity index (χ1v) is 6.48. The number of rotatable bonds is 4. The van der Waals surface area contributed by atoms with E-state index in [-0.39, 0.29) is 11.9 Å². The number of nitrogens with one attached hydrogen (secondary N) is 2. The predicted octanol–water partition coefficient (Wildman–Crippen LogP) is 1.87. The van der Waals surface area contributed by atoms with Crippen LogP contribution >= 0.6 is 0 Å². The molecule has 1 heterocycles. The fourth-order valence-electron chi connectivity index (χ4n) is 2.25. The van der Waals surface area contributed by atoms with Gasteiger partial charge in [0.1, 0.15) is 12.4 Å². The second-order valence-electron chi connectivity index (χ2n) is 4.49. The van der Waals surface area contributed by atoms with Gasteiger partial charge in [-0.2, -0.15) is 0 Å². The SMILES string of the molecule is CCCC(NC)c1ccc2c(c1)C(=O)NCCO2. The molecule has 0 spiro atoms. The van der Waals surface area contributed by atoms with Crippen LogP contribution in [-0.2, 0) is 0 Å². The van der Waals surface area contributed by atoms with Gasteiger partial charge in [-0.1, -0.05) is 19.4 Å². The van der Waals surface area contributed by atoms with E-state index in [1.54, 1.807) is 0 Å². The Bertz CT molecular complexity index is 432. The molecule has 0 aliphatic carbocycles. The minimum atomic E-state index is -0.0456. The van der Waals surface area contributed by atoms with Crippen molar-refractivity contribution in [1.29, 1.82) is 0 Å². The van der Waals surface area contributed by atoms with Crippen molar-refractivity contribution in [2.45, 2.75) is 25.8 Å². The molecule has 18 heavy (non-hydrogen) atoms. The maximum Gasteiger partial charge on any atom is 0.255 e. The van der Waals surface area contributed by atoms with E-state index in [2.05, 4.69) is 17.6 Å². The van der Waals surface area contributed by atoms with Crippen LogP contribution in [0.15, 0.2) is 18.2 Å². The van der Waals surface area contributed by atoms with Crippen LogP contribution in [0, 0.1) is 0 Å².